The van der Waals surface area contributed by atoms with E-state index in [1.807, 2.05) is 26.2 Å². The predicted molar refractivity (Wildman–Crippen MR) is 87.0 cm³/mol. The summed E-state index contributed by atoms with van der Waals surface area (Å²) >= 11 is 7.60. The molecule has 0 aromatic heterocycles. The molecule has 4 nitrogen and oxygen atoms in total. The molecule has 0 heterocycles. The van der Waals surface area contributed by atoms with E-state index in [1.165, 1.54) is 0 Å². The highest BCUT2D eigenvalue weighted by Crippen LogP contribution is 2.22. The number of rotatable bonds is 8. The van der Waals surface area contributed by atoms with Gasteiger partial charge >= 0.3 is 0 Å². The first-order valence-electron chi connectivity index (χ1n) is 6.37. The van der Waals surface area contributed by atoms with Crippen LogP contribution in [0.4, 0.5) is 0 Å². The van der Waals surface area contributed by atoms with Gasteiger partial charge in [-0.25, -0.2) is 13.1 Å². The summed E-state index contributed by atoms with van der Waals surface area (Å²) in [6.07, 6.45) is 1.93. The molecule has 2 N–H and O–H groups in total. The molecule has 1 aromatic carbocycles. The van der Waals surface area contributed by atoms with E-state index in [1.54, 1.807) is 23.9 Å². The Bertz CT molecular complexity index is 533. The molecule has 0 aliphatic rings. The molecule has 7 heteroatoms. The Morgan fingerprint density at radius 1 is 1.35 bits per heavy atom. The highest BCUT2D eigenvalue weighted by Gasteiger charge is 2.17. The van der Waals surface area contributed by atoms with Crippen LogP contribution in [0.3, 0.4) is 0 Å². The van der Waals surface area contributed by atoms with Gasteiger partial charge in [-0.1, -0.05) is 31.5 Å². The summed E-state index contributed by atoms with van der Waals surface area (Å²) in [7, 11) is -3.55. The van der Waals surface area contributed by atoms with Crippen LogP contribution in [0.25, 0.3) is 0 Å². The van der Waals surface area contributed by atoms with Crippen molar-refractivity contribution in [3.05, 3.63) is 28.8 Å². The van der Waals surface area contributed by atoms with Gasteiger partial charge in [0.25, 0.3) is 0 Å². The van der Waals surface area contributed by atoms with Gasteiger partial charge < -0.3 is 5.32 Å². The molecule has 0 unspecified atom stereocenters. The van der Waals surface area contributed by atoms with Gasteiger partial charge in [0.1, 0.15) is 4.90 Å². The molecule has 0 aliphatic carbocycles. The maximum atomic E-state index is 12.2. The summed E-state index contributed by atoms with van der Waals surface area (Å²) in [6.45, 7) is 5.09. The fraction of sp³-hybridized carbons (Fsp3) is 0.538. The Morgan fingerprint density at radius 2 is 2.05 bits per heavy atom. The smallest absolute Gasteiger partial charge is 0.242 e. The van der Waals surface area contributed by atoms with Gasteiger partial charge in [0.15, 0.2) is 0 Å². The third-order valence-corrected chi connectivity index (χ3v) is 5.15. The summed E-state index contributed by atoms with van der Waals surface area (Å²) in [5.41, 5.74) is 0.897. The van der Waals surface area contributed by atoms with Crippen molar-refractivity contribution in [2.24, 2.45) is 0 Å². The SMILES string of the molecule is CSCCNS(=O)(=O)c1cc(CNC(C)C)ccc1Cl. The second-order valence-electron chi connectivity index (χ2n) is 4.69. The Kier molecular flexibility index (Phi) is 7.33. The van der Waals surface area contributed by atoms with Crippen molar-refractivity contribution >= 4 is 33.4 Å². The zero-order chi connectivity index (χ0) is 15.2. The summed E-state index contributed by atoms with van der Waals surface area (Å²) in [5, 5.41) is 3.50. The van der Waals surface area contributed by atoms with Gasteiger partial charge in [0, 0.05) is 24.9 Å². The number of benzene rings is 1. The Labute approximate surface area is 130 Å². The van der Waals surface area contributed by atoms with E-state index in [4.69, 9.17) is 11.6 Å². The summed E-state index contributed by atoms with van der Waals surface area (Å²) in [6, 6.07) is 5.42. The van der Waals surface area contributed by atoms with E-state index in [0.29, 0.717) is 19.1 Å². The molecule has 0 saturated carbocycles. The van der Waals surface area contributed by atoms with Crippen LogP contribution in [-0.2, 0) is 16.6 Å². The van der Waals surface area contributed by atoms with Crippen LogP contribution in [0.2, 0.25) is 5.02 Å². The number of nitrogens with one attached hydrogen (secondary N) is 2. The molecule has 0 saturated heterocycles. The molecule has 0 atom stereocenters. The second-order valence-corrected chi connectivity index (χ2v) is 7.82. The minimum Gasteiger partial charge on any atom is -0.310 e. The van der Waals surface area contributed by atoms with Crippen molar-refractivity contribution in [2.75, 3.05) is 18.6 Å². The van der Waals surface area contributed by atoms with Gasteiger partial charge in [0.2, 0.25) is 10.0 Å². The summed E-state index contributed by atoms with van der Waals surface area (Å²) < 4.78 is 26.9. The standard InChI is InChI=1S/C13H21ClN2O2S2/c1-10(2)15-9-11-4-5-12(14)13(8-11)20(17,18)16-6-7-19-3/h4-5,8,10,15-16H,6-7,9H2,1-3H3. The van der Waals surface area contributed by atoms with Crippen LogP contribution in [0.1, 0.15) is 19.4 Å². The van der Waals surface area contributed by atoms with Crippen LogP contribution in [-0.4, -0.2) is 33.0 Å². The van der Waals surface area contributed by atoms with Crippen LogP contribution in [0, 0.1) is 0 Å². The van der Waals surface area contributed by atoms with Gasteiger partial charge in [-0.2, -0.15) is 11.8 Å². The van der Waals surface area contributed by atoms with E-state index in [-0.39, 0.29) is 9.92 Å². The third-order valence-electron chi connectivity index (χ3n) is 2.60. The summed E-state index contributed by atoms with van der Waals surface area (Å²) in [5.74, 6) is 0.728. The molecule has 20 heavy (non-hydrogen) atoms. The van der Waals surface area contributed by atoms with Crippen LogP contribution >= 0.6 is 23.4 Å². The Hall–Kier alpha value is -0.270. The van der Waals surface area contributed by atoms with Crippen molar-refractivity contribution in [1.29, 1.82) is 0 Å². The molecule has 0 aliphatic heterocycles. The molecule has 0 amide bonds. The molecule has 1 aromatic rings. The highest BCUT2D eigenvalue weighted by molar-refractivity contribution is 7.98. The molecule has 0 bridgehead atoms. The lowest BCUT2D eigenvalue weighted by Gasteiger charge is -2.12. The van der Waals surface area contributed by atoms with Crippen molar-refractivity contribution in [2.45, 2.75) is 31.3 Å². The van der Waals surface area contributed by atoms with E-state index in [9.17, 15) is 8.42 Å². The van der Waals surface area contributed by atoms with Crippen molar-refractivity contribution in [3.63, 3.8) is 0 Å². The zero-order valence-corrected chi connectivity index (χ0v) is 14.3. The van der Waals surface area contributed by atoms with Crippen molar-refractivity contribution < 1.29 is 8.42 Å². The molecular weight excluding hydrogens is 316 g/mol. The molecular formula is C13H21ClN2O2S2. The molecule has 0 fully saturated rings. The average molecular weight is 337 g/mol. The fourth-order valence-electron chi connectivity index (χ4n) is 1.54. The quantitative estimate of drug-likeness (QED) is 0.716. The molecule has 0 radical (unpaired) electrons. The predicted octanol–water partition coefficient (Wildman–Crippen LogP) is 2.48. The monoisotopic (exact) mass is 336 g/mol. The lowest BCUT2D eigenvalue weighted by atomic mass is 10.2. The number of thioether (sulfide) groups is 1. The van der Waals surface area contributed by atoms with Crippen LogP contribution in [0.15, 0.2) is 23.1 Å². The minimum absolute atomic E-state index is 0.142. The van der Waals surface area contributed by atoms with Crippen molar-refractivity contribution in [3.8, 4) is 0 Å². The number of sulfonamides is 1. The Balaban J connectivity index is 2.89. The maximum absolute atomic E-state index is 12.2. The van der Waals surface area contributed by atoms with Gasteiger partial charge in [-0.3, -0.25) is 0 Å². The van der Waals surface area contributed by atoms with Crippen LogP contribution < -0.4 is 10.0 Å². The first kappa shape index (κ1) is 17.8. The molecule has 1 rings (SSSR count). The van der Waals surface area contributed by atoms with E-state index in [2.05, 4.69) is 10.0 Å². The largest absolute Gasteiger partial charge is 0.310 e. The van der Waals surface area contributed by atoms with E-state index >= 15 is 0 Å². The van der Waals surface area contributed by atoms with Crippen molar-refractivity contribution in [1.82, 2.24) is 10.0 Å². The minimum atomic E-state index is -3.55. The highest BCUT2D eigenvalue weighted by atomic mass is 35.5. The summed E-state index contributed by atoms with van der Waals surface area (Å²) in [4.78, 5) is 0.142. The lowest BCUT2D eigenvalue weighted by Crippen LogP contribution is -2.27. The Morgan fingerprint density at radius 3 is 2.65 bits per heavy atom. The van der Waals surface area contributed by atoms with Gasteiger partial charge in [-0.05, 0) is 24.0 Å². The third kappa shape index (κ3) is 5.61. The maximum Gasteiger partial charge on any atom is 0.242 e. The van der Waals surface area contributed by atoms with Crippen LogP contribution in [0.5, 0.6) is 0 Å². The second kappa shape index (κ2) is 8.24. The first-order chi connectivity index (χ1) is 9.36. The van der Waals surface area contributed by atoms with E-state index < -0.39 is 10.0 Å². The number of hydrogen-bond donors (Lipinski definition) is 2. The first-order valence-corrected chi connectivity index (χ1v) is 9.62. The zero-order valence-electron chi connectivity index (χ0n) is 11.9. The average Bonchev–Trinajstić information content (AvgIpc) is 2.37. The topological polar surface area (TPSA) is 58.2 Å². The van der Waals surface area contributed by atoms with Gasteiger partial charge in [-0.15, -0.1) is 0 Å². The molecule has 114 valence electrons. The fourth-order valence-corrected chi connectivity index (χ4v) is 3.56. The van der Waals surface area contributed by atoms with E-state index in [0.717, 1.165) is 11.3 Å². The number of halogens is 1. The lowest BCUT2D eigenvalue weighted by molar-refractivity contribution is 0.581. The number of hydrogen-bond acceptors (Lipinski definition) is 4. The van der Waals surface area contributed by atoms with Gasteiger partial charge in [0.05, 0.1) is 5.02 Å². The normalized spacial score (nSPS) is 12.1. The molecule has 0 spiro atoms.